The average Bonchev–Trinajstić information content (AvgIpc) is 2.85. The van der Waals surface area contributed by atoms with E-state index in [1.807, 2.05) is 0 Å². The van der Waals surface area contributed by atoms with Crippen LogP contribution in [0.25, 0.3) is 0 Å². The third kappa shape index (κ3) is 2.21. The third-order valence-electron chi connectivity index (χ3n) is 4.38. The molecule has 0 spiro atoms. The van der Waals surface area contributed by atoms with Crippen LogP contribution in [0.2, 0.25) is 0 Å². The zero-order valence-corrected chi connectivity index (χ0v) is 11.3. The molecule has 3 rings (SSSR count). The van der Waals surface area contributed by atoms with E-state index in [4.69, 9.17) is 5.73 Å². The van der Waals surface area contributed by atoms with Gasteiger partial charge in [-0.05, 0) is 32.4 Å². The van der Waals surface area contributed by atoms with Gasteiger partial charge in [-0.3, -0.25) is 4.90 Å². The van der Waals surface area contributed by atoms with Gasteiger partial charge in [0.25, 0.3) is 0 Å². The van der Waals surface area contributed by atoms with E-state index in [0.717, 1.165) is 13.1 Å². The predicted molar refractivity (Wildman–Crippen MR) is 73.5 cm³/mol. The van der Waals surface area contributed by atoms with Gasteiger partial charge in [0.15, 0.2) is 11.6 Å². The fourth-order valence-electron chi connectivity index (χ4n) is 3.31. The Labute approximate surface area is 113 Å². The van der Waals surface area contributed by atoms with E-state index in [1.54, 1.807) is 12.3 Å². The fraction of sp³-hybridized carbons (Fsp3) is 0.643. The molecule has 2 aliphatic rings. The molecule has 2 aliphatic heterocycles. The van der Waals surface area contributed by atoms with Crippen LogP contribution in [0.15, 0.2) is 12.3 Å². The molecule has 5 heteroatoms. The summed E-state index contributed by atoms with van der Waals surface area (Å²) in [7, 11) is 0. The highest BCUT2D eigenvalue weighted by molar-refractivity contribution is 5.45. The number of piperazine rings is 1. The highest BCUT2D eigenvalue weighted by Crippen LogP contribution is 2.29. The van der Waals surface area contributed by atoms with Crippen molar-refractivity contribution in [3.05, 3.63) is 23.6 Å². The number of nitrogens with zero attached hydrogens (tertiary/aromatic N) is 3. The molecule has 0 saturated carbocycles. The number of fused-ring (bicyclic) bond motifs is 1. The van der Waals surface area contributed by atoms with Crippen molar-refractivity contribution < 1.29 is 4.39 Å². The quantitative estimate of drug-likeness (QED) is 0.876. The average molecular weight is 264 g/mol. The summed E-state index contributed by atoms with van der Waals surface area (Å²) < 4.78 is 14.4. The van der Waals surface area contributed by atoms with Crippen LogP contribution in [0.1, 0.15) is 25.3 Å². The Hall–Kier alpha value is -1.20. The molecule has 2 unspecified atom stereocenters. The number of aromatic nitrogens is 1. The number of hydrogen-bond donors (Lipinski definition) is 1. The Morgan fingerprint density at radius 3 is 3.11 bits per heavy atom. The number of halogens is 1. The molecule has 1 aromatic rings. The van der Waals surface area contributed by atoms with Crippen LogP contribution >= 0.6 is 0 Å². The molecule has 0 amide bonds. The van der Waals surface area contributed by atoms with Crippen molar-refractivity contribution in [1.29, 1.82) is 0 Å². The summed E-state index contributed by atoms with van der Waals surface area (Å²) in [5, 5.41) is 0. The van der Waals surface area contributed by atoms with Crippen molar-refractivity contribution in [2.45, 2.75) is 38.4 Å². The Bertz CT molecular complexity index is 465. The van der Waals surface area contributed by atoms with Crippen molar-refractivity contribution in [2.24, 2.45) is 5.73 Å². The largest absolute Gasteiger partial charge is 0.349 e. The minimum Gasteiger partial charge on any atom is -0.349 e. The minimum atomic E-state index is -0.247. The molecule has 19 heavy (non-hydrogen) atoms. The first-order valence-corrected chi connectivity index (χ1v) is 7.05. The predicted octanol–water partition coefficient (Wildman–Crippen LogP) is 1.35. The lowest BCUT2D eigenvalue weighted by Gasteiger charge is -2.43. The van der Waals surface area contributed by atoms with Gasteiger partial charge < -0.3 is 10.6 Å². The van der Waals surface area contributed by atoms with Gasteiger partial charge in [0, 0.05) is 43.5 Å². The first-order chi connectivity index (χ1) is 9.20. The number of pyridine rings is 1. The molecule has 0 radical (unpaired) electrons. The van der Waals surface area contributed by atoms with E-state index in [1.165, 1.54) is 19.4 Å². The highest BCUT2D eigenvalue weighted by atomic mass is 19.1. The van der Waals surface area contributed by atoms with Crippen molar-refractivity contribution in [2.75, 3.05) is 24.5 Å². The second-order valence-corrected chi connectivity index (χ2v) is 5.60. The number of rotatable bonds is 2. The van der Waals surface area contributed by atoms with E-state index in [2.05, 4.69) is 21.7 Å². The monoisotopic (exact) mass is 264 g/mol. The van der Waals surface area contributed by atoms with Crippen LogP contribution in [-0.2, 0) is 6.54 Å². The molecule has 1 aromatic heterocycles. The molecule has 0 bridgehead atoms. The molecule has 2 saturated heterocycles. The second kappa shape index (κ2) is 5.06. The lowest BCUT2D eigenvalue weighted by Crippen LogP contribution is -2.55. The normalized spacial score (nSPS) is 27.6. The van der Waals surface area contributed by atoms with Gasteiger partial charge in [-0.1, -0.05) is 0 Å². The molecule has 4 nitrogen and oxygen atoms in total. The molecule has 0 aliphatic carbocycles. The highest BCUT2D eigenvalue weighted by Gasteiger charge is 2.35. The molecular weight excluding hydrogens is 243 g/mol. The molecule has 0 aromatic carbocycles. The summed E-state index contributed by atoms with van der Waals surface area (Å²) in [6.45, 7) is 5.42. The summed E-state index contributed by atoms with van der Waals surface area (Å²) >= 11 is 0. The molecule has 104 valence electrons. The molecule has 2 fully saturated rings. The van der Waals surface area contributed by atoms with Crippen molar-refractivity contribution in [3.63, 3.8) is 0 Å². The maximum Gasteiger partial charge on any atom is 0.170 e. The molecule has 2 N–H and O–H groups in total. The van der Waals surface area contributed by atoms with Gasteiger partial charge in [0.05, 0.1) is 0 Å². The summed E-state index contributed by atoms with van der Waals surface area (Å²) in [4.78, 5) is 8.88. The van der Waals surface area contributed by atoms with Crippen molar-refractivity contribution in [1.82, 2.24) is 9.88 Å². The van der Waals surface area contributed by atoms with Gasteiger partial charge in [0.2, 0.25) is 0 Å². The zero-order chi connectivity index (χ0) is 13.4. The summed E-state index contributed by atoms with van der Waals surface area (Å²) in [5.41, 5.74) is 6.12. The standard InChI is InChI=1S/C14H21FN4/c1-10-8-18-6-2-3-12(18)9-19(10)14-13(15)11(7-16)4-5-17-14/h4-5,10,12H,2-3,6-9,16H2,1H3. The van der Waals surface area contributed by atoms with Crippen LogP contribution < -0.4 is 10.6 Å². The summed E-state index contributed by atoms with van der Waals surface area (Å²) in [6, 6.07) is 2.51. The van der Waals surface area contributed by atoms with Crippen LogP contribution in [0.5, 0.6) is 0 Å². The molecule has 3 heterocycles. The van der Waals surface area contributed by atoms with E-state index in [9.17, 15) is 4.39 Å². The number of nitrogens with two attached hydrogens (primary N) is 1. The first kappa shape index (κ1) is 12.8. The first-order valence-electron chi connectivity index (χ1n) is 7.05. The van der Waals surface area contributed by atoms with Crippen molar-refractivity contribution >= 4 is 5.82 Å². The Balaban J connectivity index is 1.89. The number of anilines is 1. The maximum atomic E-state index is 14.4. The second-order valence-electron chi connectivity index (χ2n) is 5.60. The Kier molecular flexibility index (Phi) is 3.41. The van der Waals surface area contributed by atoms with Gasteiger partial charge in [-0.2, -0.15) is 0 Å². The fourth-order valence-corrected chi connectivity index (χ4v) is 3.31. The lowest BCUT2D eigenvalue weighted by atomic mass is 10.1. The lowest BCUT2D eigenvalue weighted by molar-refractivity contribution is 0.201. The SMILES string of the molecule is CC1CN2CCCC2CN1c1nccc(CN)c1F. The summed E-state index contributed by atoms with van der Waals surface area (Å²) in [6.07, 6.45) is 4.12. The molecular formula is C14H21FN4. The van der Waals surface area contributed by atoms with E-state index >= 15 is 0 Å². The maximum absolute atomic E-state index is 14.4. The minimum absolute atomic E-state index is 0.221. The van der Waals surface area contributed by atoms with Gasteiger partial charge in [0.1, 0.15) is 0 Å². The third-order valence-corrected chi connectivity index (χ3v) is 4.38. The molecule has 2 atom stereocenters. The van der Waals surface area contributed by atoms with Gasteiger partial charge in [-0.15, -0.1) is 0 Å². The van der Waals surface area contributed by atoms with Crippen molar-refractivity contribution in [3.8, 4) is 0 Å². The zero-order valence-electron chi connectivity index (χ0n) is 11.3. The topological polar surface area (TPSA) is 45.4 Å². The van der Waals surface area contributed by atoms with Crippen LogP contribution in [0, 0.1) is 5.82 Å². The van der Waals surface area contributed by atoms with Crippen LogP contribution in [-0.4, -0.2) is 41.6 Å². The van der Waals surface area contributed by atoms with E-state index in [-0.39, 0.29) is 12.4 Å². The Morgan fingerprint density at radius 1 is 1.47 bits per heavy atom. The van der Waals surface area contributed by atoms with Gasteiger partial charge in [-0.25, -0.2) is 9.37 Å². The van der Waals surface area contributed by atoms with Gasteiger partial charge >= 0.3 is 0 Å². The smallest absolute Gasteiger partial charge is 0.170 e. The van der Waals surface area contributed by atoms with E-state index < -0.39 is 0 Å². The van der Waals surface area contributed by atoms with Crippen LogP contribution in [0.3, 0.4) is 0 Å². The Morgan fingerprint density at radius 2 is 2.32 bits per heavy atom. The van der Waals surface area contributed by atoms with E-state index in [0.29, 0.717) is 23.5 Å². The summed E-state index contributed by atoms with van der Waals surface area (Å²) in [5.74, 6) is 0.227. The van der Waals surface area contributed by atoms with Crippen LogP contribution in [0.4, 0.5) is 10.2 Å². The number of hydrogen-bond acceptors (Lipinski definition) is 4.